The number of nitrogens with zero attached hydrogens (tertiary/aromatic N) is 3. The third-order valence-corrected chi connectivity index (χ3v) is 6.48. The maximum absolute atomic E-state index is 13.2. The fourth-order valence-electron chi connectivity index (χ4n) is 3.57. The number of nitrogens with one attached hydrogen (secondary N) is 1. The molecule has 1 unspecified atom stereocenters. The first-order chi connectivity index (χ1) is 15.9. The van der Waals surface area contributed by atoms with Gasteiger partial charge < -0.3 is 19.5 Å². The van der Waals surface area contributed by atoms with E-state index in [4.69, 9.17) is 9.47 Å². The van der Waals surface area contributed by atoms with Crippen molar-refractivity contribution in [2.75, 3.05) is 32.9 Å². The van der Waals surface area contributed by atoms with Crippen LogP contribution in [-0.4, -0.2) is 88.4 Å². The second kappa shape index (κ2) is 12.0. The highest BCUT2D eigenvalue weighted by Crippen LogP contribution is 2.29. The van der Waals surface area contributed by atoms with Crippen LogP contribution in [0.25, 0.3) is 0 Å². The Hall–Kier alpha value is -2.63. The minimum atomic E-state index is -1.16. The summed E-state index contributed by atoms with van der Waals surface area (Å²) in [5.41, 5.74) is 1.06. The first kappa shape index (κ1) is 25.0. The Kier molecular flexibility index (Phi) is 9.10. The molecule has 10 nitrogen and oxygen atoms in total. The Balaban J connectivity index is 1.69. The van der Waals surface area contributed by atoms with Crippen LogP contribution in [0.4, 0.5) is 0 Å². The number of thioether (sulfide) groups is 1. The van der Waals surface area contributed by atoms with E-state index in [9.17, 15) is 19.5 Å². The van der Waals surface area contributed by atoms with Gasteiger partial charge in [-0.3, -0.25) is 14.9 Å². The second-order valence-corrected chi connectivity index (χ2v) is 8.74. The van der Waals surface area contributed by atoms with E-state index in [1.165, 1.54) is 0 Å². The summed E-state index contributed by atoms with van der Waals surface area (Å²) in [5.74, 6) is -2.12. The summed E-state index contributed by atoms with van der Waals surface area (Å²) in [6, 6.07) is 8.15. The van der Waals surface area contributed by atoms with Crippen LogP contribution in [0.2, 0.25) is 0 Å². The lowest BCUT2D eigenvalue weighted by Gasteiger charge is -2.27. The lowest BCUT2D eigenvalue weighted by Crippen LogP contribution is -2.52. The van der Waals surface area contributed by atoms with E-state index in [0.717, 1.165) is 22.3 Å². The number of rotatable bonds is 9. The number of carbonyl (C=O) groups excluding carboxylic acids is 2. The zero-order chi connectivity index (χ0) is 23.8. The summed E-state index contributed by atoms with van der Waals surface area (Å²) in [6.07, 6.45) is 1.05. The number of aliphatic carboxylic acids is 1. The van der Waals surface area contributed by atoms with Crippen molar-refractivity contribution in [3.63, 3.8) is 0 Å². The molecule has 0 aromatic heterocycles. The third-order valence-electron chi connectivity index (χ3n) is 5.31. The molecule has 0 bridgehead atoms. The molecule has 2 N–H and O–H groups in total. The van der Waals surface area contributed by atoms with E-state index in [0.29, 0.717) is 44.3 Å². The minimum Gasteiger partial charge on any atom is -0.479 e. The zero-order valence-corrected chi connectivity index (χ0v) is 19.6. The number of hydrogen-bond acceptors (Lipinski definition) is 9. The number of carbonyl (C=O) groups is 3. The first-order valence-corrected chi connectivity index (χ1v) is 11.9. The van der Waals surface area contributed by atoms with Crippen LogP contribution >= 0.6 is 11.8 Å². The highest BCUT2D eigenvalue weighted by Gasteiger charge is 2.41. The molecule has 0 saturated carbocycles. The van der Waals surface area contributed by atoms with Crippen molar-refractivity contribution in [3.8, 4) is 0 Å². The van der Waals surface area contributed by atoms with Gasteiger partial charge >= 0.3 is 11.9 Å². The molecule has 1 aromatic carbocycles. The summed E-state index contributed by atoms with van der Waals surface area (Å²) >= 11 is 1.03. The molecular formula is C22H30N4O6S. The van der Waals surface area contributed by atoms with Gasteiger partial charge in [-0.15, -0.1) is 5.10 Å². The van der Waals surface area contributed by atoms with Crippen molar-refractivity contribution < 1.29 is 29.0 Å². The molecule has 11 heteroatoms. The monoisotopic (exact) mass is 478 g/mol. The molecule has 3 atom stereocenters. The predicted molar refractivity (Wildman–Crippen MR) is 123 cm³/mol. The van der Waals surface area contributed by atoms with Crippen LogP contribution in [0.15, 0.2) is 35.4 Å². The second-order valence-electron chi connectivity index (χ2n) is 7.69. The maximum Gasteiger partial charge on any atom is 0.339 e. The average molecular weight is 479 g/mol. The first-order valence-electron chi connectivity index (χ1n) is 11.0. The Morgan fingerprint density at radius 1 is 1.27 bits per heavy atom. The SMILES string of the molecule is CCOC(=O)[C@H](CCc1ccccc1)N[C@@H](C)C(=O)N1N=C(N2CCOCC2)SC1C(=O)O. The Morgan fingerprint density at radius 3 is 2.61 bits per heavy atom. The van der Waals surface area contributed by atoms with Crippen LogP contribution in [0, 0.1) is 0 Å². The number of ether oxygens (including phenoxy) is 2. The van der Waals surface area contributed by atoms with E-state index in [1.54, 1.807) is 13.8 Å². The van der Waals surface area contributed by atoms with Gasteiger partial charge in [0.15, 0.2) is 5.17 Å². The van der Waals surface area contributed by atoms with Gasteiger partial charge in [0, 0.05) is 13.1 Å². The third kappa shape index (κ3) is 6.68. The van der Waals surface area contributed by atoms with Gasteiger partial charge in [0.1, 0.15) is 6.04 Å². The predicted octanol–water partition coefficient (Wildman–Crippen LogP) is 1.12. The normalized spacial score (nSPS) is 20.2. The van der Waals surface area contributed by atoms with Crippen LogP contribution < -0.4 is 5.32 Å². The minimum absolute atomic E-state index is 0.224. The molecule has 0 aliphatic carbocycles. The highest BCUT2D eigenvalue weighted by atomic mass is 32.2. The molecular weight excluding hydrogens is 448 g/mol. The smallest absolute Gasteiger partial charge is 0.339 e. The molecule has 2 heterocycles. The van der Waals surface area contributed by atoms with Gasteiger partial charge in [0.25, 0.3) is 5.91 Å². The largest absolute Gasteiger partial charge is 0.479 e. The van der Waals surface area contributed by atoms with Crippen LogP contribution in [0.3, 0.4) is 0 Å². The lowest BCUT2D eigenvalue weighted by molar-refractivity contribution is -0.149. The van der Waals surface area contributed by atoms with E-state index in [-0.39, 0.29) is 6.61 Å². The molecule has 1 aromatic rings. The molecule has 3 rings (SSSR count). The molecule has 1 amide bonds. The number of amidine groups is 1. The molecule has 0 spiro atoms. The number of carboxylic acid groups (broad SMARTS) is 1. The van der Waals surface area contributed by atoms with Crippen molar-refractivity contribution >= 4 is 34.8 Å². The van der Waals surface area contributed by atoms with Crippen molar-refractivity contribution in [3.05, 3.63) is 35.9 Å². The summed E-state index contributed by atoms with van der Waals surface area (Å²) < 4.78 is 10.5. The van der Waals surface area contributed by atoms with Crippen molar-refractivity contribution in [2.24, 2.45) is 5.10 Å². The van der Waals surface area contributed by atoms with Gasteiger partial charge in [-0.05, 0) is 44.0 Å². The number of carboxylic acids is 1. The molecule has 2 aliphatic heterocycles. The van der Waals surface area contributed by atoms with Crippen LogP contribution in [0.5, 0.6) is 0 Å². The lowest BCUT2D eigenvalue weighted by atomic mass is 10.0. The summed E-state index contributed by atoms with van der Waals surface area (Å²) in [5, 5.41) is 17.3. The topological polar surface area (TPSA) is 121 Å². The molecule has 180 valence electrons. The molecule has 1 saturated heterocycles. The number of morpholine rings is 1. The number of amides is 1. The van der Waals surface area contributed by atoms with E-state index < -0.39 is 35.3 Å². The maximum atomic E-state index is 13.2. The summed E-state index contributed by atoms with van der Waals surface area (Å²) in [6.45, 7) is 5.75. The molecule has 1 fully saturated rings. The van der Waals surface area contributed by atoms with Crippen molar-refractivity contribution in [2.45, 2.75) is 44.1 Å². The van der Waals surface area contributed by atoms with Gasteiger partial charge in [0.05, 0.1) is 25.9 Å². The number of hydrogen-bond donors (Lipinski definition) is 2. The average Bonchev–Trinajstić information content (AvgIpc) is 3.28. The Bertz CT molecular complexity index is 862. The zero-order valence-electron chi connectivity index (χ0n) is 18.8. The standard InChI is InChI=1S/C22H30N4O6S/c1-3-32-21(30)17(10-9-16-7-5-4-6-8-16)23-15(2)18(27)26-19(20(28)29)33-22(24-26)25-11-13-31-14-12-25/h4-8,15,17,19,23H,3,9-14H2,1-2H3,(H,28,29)/t15-,17-,19?/m0/s1. The van der Waals surface area contributed by atoms with E-state index >= 15 is 0 Å². The number of hydrazone groups is 1. The quantitative estimate of drug-likeness (QED) is 0.503. The fourth-order valence-corrected chi connectivity index (χ4v) is 4.59. The Labute approximate surface area is 197 Å². The Morgan fingerprint density at radius 2 is 1.97 bits per heavy atom. The van der Waals surface area contributed by atoms with E-state index in [2.05, 4.69) is 10.4 Å². The molecule has 2 aliphatic rings. The number of aryl methyl sites for hydroxylation is 1. The van der Waals surface area contributed by atoms with Gasteiger partial charge in [-0.25, -0.2) is 9.80 Å². The van der Waals surface area contributed by atoms with Gasteiger partial charge in [-0.1, -0.05) is 30.3 Å². The number of benzene rings is 1. The highest BCUT2D eigenvalue weighted by molar-refractivity contribution is 8.15. The van der Waals surface area contributed by atoms with Crippen molar-refractivity contribution in [1.82, 2.24) is 15.2 Å². The molecule has 0 radical (unpaired) electrons. The van der Waals surface area contributed by atoms with Crippen LogP contribution in [-0.2, 0) is 30.3 Å². The van der Waals surface area contributed by atoms with Crippen molar-refractivity contribution in [1.29, 1.82) is 0 Å². The van der Waals surface area contributed by atoms with E-state index in [1.807, 2.05) is 35.2 Å². The van der Waals surface area contributed by atoms with Gasteiger partial charge in [0.2, 0.25) is 5.37 Å². The van der Waals surface area contributed by atoms with Crippen LogP contribution in [0.1, 0.15) is 25.8 Å². The number of esters is 1. The fraction of sp³-hybridized carbons (Fsp3) is 0.545. The summed E-state index contributed by atoms with van der Waals surface area (Å²) in [4.78, 5) is 39.4. The summed E-state index contributed by atoms with van der Waals surface area (Å²) in [7, 11) is 0. The van der Waals surface area contributed by atoms with Gasteiger partial charge in [-0.2, -0.15) is 0 Å². The molecule has 33 heavy (non-hydrogen) atoms.